The third-order valence-electron chi connectivity index (χ3n) is 5.53. The van der Waals surface area contributed by atoms with Crippen molar-refractivity contribution in [2.24, 2.45) is 0 Å². The highest BCUT2D eigenvalue weighted by Crippen LogP contribution is 2.35. The first-order valence-electron chi connectivity index (χ1n) is 9.88. The molecule has 2 aliphatic rings. The minimum Gasteiger partial charge on any atom is -0.366 e. The molecule has 0 unspecified atom stereocenters. The molecule has 1 aromatic carbocycles. The van der Waals surface area contributed by atoms with Gasteiger partial charge in [0.15, 0.2) is 0 Å². The second-order valence-electron chi connectivity index (χ2n) is 7.65. The summed E-state index contributed by atoms with van der Waals surface area (Å²) in [4.78, 5) is 34.4. The molecule has 1 fully saturated rings. The van der Waals surface area contributed by atoms with Gasteiger partial charge in [-0.3, -0.25) is 19.5 Å². The van der Waals surface area contributed by atoms with Crippen molar-refractivity contribution in [2.45, 2.75) is 39.7 Å². The maximum absolute atomic E-state index is 13.4. The largest absolute Gasteiger partial charge is 0.366 e. The number of hydrogen-bond donors (Lipinski definition) is 0. The van der Waals surface area contributed by atoms with Gasteiger partial charge >= 0.3 is 0 Å². The molecule has 3 heterocycles. The summed E-state index contributed by atoms with van der Waals surface area (Å²) in [5, 5.41) is 0. The van der Waals surface area contributed by atoms with Gasteiger partial charge in [-0.05, 0) is 55.9 Å². The monoisotopic (exact) mass is 375 g/mol. The van der Waals surface area contributed by atoms with Gasteiger partial charge in [0.1, 0.15) is 5.70 Å². The first-order chi connectivity index (χ1) is 13.6. The molecule has 4 rings (SSSR count). The van der Waals surface area contributed by atoms with Crippen LogP contribution in [0.25, 0.3) is 5.57 Å². The molecule has 0 saturated carbocycles. The first-order valence-corrected chi connectivity index (χ1v) is 9.88. The molecule has 2 aromatic rings. The third kappa shape index (κ3) is 3.33. The van der Waals surface area contributed by atoms with Crippen molar-refractivity contribution in [2.75, 3.05) is 13.1 Å². The summed E-state index contributed by atoms with van der Waals surface area (Å²) >= 11 is 0. The van der Waals surface area contributed by atoms with Crippen LogP contribution in [0.15, 0.2) is 48.4 Å². The molecule has 2 aliphatic heterocycles. The molecule has 0 atom stereocenters. The van der Waals surface area contributed by atoms with Crippen LogP contribution >= 0.6 is 0 Å². The zero-order valence-electron chi connectivity index (χ0n) is 16.4. The number of amides is 2. The van der Waals surface area contributed by atoms with E-state index >= 15 is 0 Å². The van der Waals surface area contributed by atoms with Crippen molar-refractivity contribution in [3.63, 3.8) is 0 Å². The summed E-state index contributed by atoms with van der Waals surface area (Å²) in [6.45, 7) is 5.93. The molecular weight excluding hydrogens is 350 g/mol. The van der Waals surface area contributed by atoms with Crippen LogP contribution < -0.4 is 0 Å². The fourth-order valence-corrected chi connectivity index (χ4v) is 4.13. The summed E-state index contributed by atoms with van der Waals surface area (Å²) < 4.78 is 0. The number of likely N-dealkylation sites (tertiary alicyclic amines) is 1. The Kier molecular flexibility index (Phi) is 4.99. The van der Waals surface area contributed by atoms with Gasteiger partial charge in [-0.1, -0.05) is 29.8 Å². The van der Waals surface area contributed by atoms with Gasteiger partial charge in [-0.25, -0.2) is 0 Å². The van der Waals surface area contributed by atoms with E-state index < -0.39 is 0 Å². The number of pyridine rings is 1. The zero-order chi connectivity index (χ0) is 19.7. The van der Waals surface area contributed by atoms with Crippen LogP contribution in [-0.2, 0) is 16.1 Å². The Bertz CT molecular complexity index is 944. The number of imide groups is 1. The van der Waals surface area contributed by atoms with Crippen LogP contribution in [0.5, 0.6) is 0 Å². The summed E-state index contributed by atoms with van der Waals surface area (Å²) in [5.41, 5.74) is 5.00. The van der Waals surface area contributed by atoms with E-state index in [4.69, 9.17) is 0 Å². The second kappa shape index (κ2) is 7.58. The summed E-state index contributed by atoms with van der Waals surface area (Å²) in [7, 11) is 0. The van der Waals surface area contributed by atoms with Gasteiger partial charge in [-0.15, -0.1) is 0 Å². The SMILES string of the molecule is Cc1ccc(C2=C(N3CCCCC3)C(=O)N(Cc3cccnc3)C2=O)c(C)c1. The van der Waals surface area contributed by atoms with E-state index in [1.54, 1.807) is 12.4 Å². The van der Waals surface area contributed by atoms with Gasteiger partial charge in [0.25, 0.3) is 11.8 Å². The fourth-order valence-electron chi connectivity index (χ4n) is 4.13. The van der Waals surface area contributed by atoms with Crippen LogP contribution in [0.3, 0.4) is 0 Å². The molecule has 0 spiro atoms. The maximum Gasteiger partial charge on any atom is 0.278 e. The Morgan fingerprint density at radius 2 is 1.79 bits per heavy atom. The number of hydrogen-bond acceptors (Lipinski definition) is 4. The van der Waals surface area contributed by atoms with Crippen molar-refractivity contribution >= 4 is 17.4 Å². The van der Waals surface area contributed by atoms with Crippen LogP contribution in [0, 0.1) is 13.8 Å². The van der Waals surface area contributed by atoms with E-state index in [1.807, 2.05) is 38.1 Å². The van der Waals surface area contributed by atoms with Gasteiger partial charge < -0.3 is 4.90 Å². The lowest BCUT2D eigenvalue weighted by Crippen LogP contribution is -2.36. The lowest BCUT2D eigenvalue weighted by Gasteiger charge is -2.29. The van der Waals surface area contributed by atoms with E-state index in [0.29, 0.717) is 11.3 Å². The number of benzene rings is 1. The predicted octanol–water partition coefficient (Wildman–Crippen LogP) is 3.46. The van der Waals surface area contributed by atoms with E-state index in [2.05, 4.69) is 16.0 Å². The number of nitrogens with zero attached hydrogens (tertiary/aromatic N) is 3. The minimum atomic E-state index is -0.207. The molecule has 5 nitrogen and oxygen atoms in total. The second-order valence-corrected chi connectivity index (χ2v) is 7.65. The molecule has 0 bridgehead atoms. The van der Waals surface area contributed by atoms with Gasteiger partial charge in [0, 0.05) is 25.5 Å². The Morgan fingerprint density at radius 1 is 1.00 bits per heavy atom. The molecule has 2 amide bonds. The number of piperidine rings is 1. The molecule has 0 N–H and O–H groups in total. The number of carbonyl (C=O) groups excluding carboxylic acids is 2. The van der Waals surface area contributed by atoms with Crippen molar-refractivity contribution in [1.29, 1.82) is 0 Å². The Balaban J connectivity index is 1.78. The molecule has 5 heteroatoms. The van der Waals surface area contributed by atoms with Gasteiger partial charge in [-0.2, -0.15) is 0 Å². The normalized spacial score (nSPS) is 17.6. The topological polar surface area (TPSA) is 53.5 Å². The van der Waals surface area contributed by atoms with Crippen molar-refractivity contribution in [3.05, 3.63) is 70.7 Å². The molecule has 1 aromatic heterocycles. The lowest BCUT2D eigenvalue weighted by atomic mass is 9.97. The van der Waals surface area contributed by atoms with Crippen molar-refractivity contribution in [3.8, 4) is 0 Å². The quantitative estimate of drug-likeness (QED) is 0.768. The minimum absolute atomic E-state index is 0.189. The predicted molar refractivity (Wildman–Crippen MR) is 108 cm³/mol. The number of rotatable bonds is 4. The van der Waals surface area contributed by atoms with Crippen LogP contribution in [-0.4, -0.2) is 39.7 Å². The Morgan fingerprint density at radius 3 is 2.46 bits per heavy atom. The number of aromatic nitrogens is 1. The van der Waals surface area contributed by atoms with Crippen LogP contribution in [0.2, 0.25) is 0 Å². The Labute approximate surface area is 165 Å². The van der Waals surface area contributed by atoms with Crippen molar-refractivity contribution in [1.82, 2.24) is 14.8 Å². The van der Waals surface area contributed by atoms with E-state index in [0.717, 1.165) is 48.2 Å². The zero-order valence-corrected chi connectivity index (χ0v) is 16.4. The van der Waals surface area contributed by atoms with E-state index in [1.165, 1.54) is 11.3 Å². The lowest BCUT2D eigenvalue weighted by molar-refractivity contribution is -0.138. The molecule has 144 valence electrons. The number of carbonyl (C=O) groups is 2. The smallest absolute Gasteiger partial charge is 0.278 e. The molecule has 28 heavy (non-hydrogen) atoms. The third-order valence-corrected chi connectivity index (χ3v) is 5.53. The summed E-state index contributed by atoms with van der Waals surface area (Å²) in [5.74, 6) is -0.396. The average Bonchev–Trinajstić information content (AvgIpc) is 2.94. The first kappa shape index (κ1) is 18.4. The number of aryl methyl sites for hydroxylation is 2. The highest BCUT2D eigenvalue weighted by atomic mass is 16.2. The average molecular weight is 375 g/mol. The van der Waals surface area contributed by atoms with E-state index in [-0.39, 0.29) is 18.4 Å². The fraction of sp³-hybridized carbons (Fsp3) is 0.348. The van der Waals surface area contributed by atoms with Gasteiger partial charge in [0.05, 0.1) is 12.1 Å². The van der Waals surface area contributed by atoms with Crippen LogP contribution in [0.4, 0.5) is 0 Å². The highest BCUT2D eigenvalue weighted by Gasteiger charge is 2.42. The molecule has 0 radical (unpaired) electrons. The van der Waals surface area contributed by atoms with E-state index in [9.17, 15) is 9.59 Å². The summed E-state index contributed by atoms with van der Waals surface area (Å²) in [6.07, 6.45) is 6.66. The van der Waals surface area contributed by atoms with Crippen LogP contribution in [0.1, 0.15) is 41.5 Å². The standard InChI is InChI=1S/C23H25N3O2/c1-16-8-9-19(17(2)13-16)20-21(25-11-4-3-5-12-25)23(28)26(22(20)27)15-18-7-6-10-24-14-18/h6-10,13-14H,3-5,11-12,15H2,1-2H3. The van der Waals surface area contributed by atoms with Gasteiger partial charge in [0.2, 0.25) is 0 Å². The molecular formula is C23H25N3O2. The Hall–Kier alpha value is -2.95. The molecule has 0 aliphatic carbocycles. The maximum atomic E-state index is 13.4. The highest BCUT2D eigenvalue weighted by molar-refractivity contribution is 6.35. The molecule has 1 saturated heterocycles. The van der Waals surface area contributed by atoms with Crippen molar-refractivity contribution < 1.29 is 9.59 Å². The summed E-state index contributed by atoms with van der Waals surface area (Å²) in [6, 6.07) is 9.76.